The number of hydrogen-bond acceptors (Lipinski definition) is 2. The van der Waals surface area contributed by atoms with E-state index in [4.69, 9.17) is 0 Å². The van der Waals surface area contributed by atoms with Gasteiger partial charge in [-0.1, -0.05) is 26.2 Å². The van der Waals surface area contributed by atoms with E-state index in [1.807, 2.05) is 0 Å². The molecule has 0 atom stereocenters. The largest absolute Gasteiger partial charge is 0.443 e. The second-order valence-electron chi connectivity index (χ2n) is 7.06. The summed E-state index contributed by atoms with van der Waals surface area (Å²) < 4.78 is 214. The number of alkyl halides is 16. The van der Waals surface area contributed by atoms with E-state index in [0.717, 1.165) is 0 Å². The molecule has 0 heterocycles. The van der Waals surface area contributed by atoms with Gasteiger partial charge in [-0.15, -0.1) is 0 Å². The second kappa shape index (κ2) is 10.6. The Morgan fingerprint density at radius 3 is 1.54 bits per heavy atom. The van der Waals surface area contributed by atoms with Crippen molar-refractivity contribution in [2.75, 3.05) is 13.2 Å². The lowest BCUT2D eigenvalue weighted by Gasteiger charge is -2.42. The maximum absolute atomic E-state index is 13.6. The highest BCUT2D eigenvalue weighted by atomic mass is 19.4. The van der Waals surface area contributed by atoms with E-state index in [9.17, 15) is 75.0 Å². The lowest BCUT2D eigenvalue weighted by Crippen LogP contribution is -2.74. The monoisotopic (exact) mass is 559 g/mol. The number of ether oxygens (including phenoxy) is 1. The molecule has 0 aliphatic heterocycles. The minimum atomic E-state index is -8.48. The van der Waals surface area contributed by atoms with Crippen LogP contribution >= 0.6 is 0 Å². The average molecular weight is 559 g/mol. The lowest BCUT2D eigenvalue weighted by atomic mass is 9.89. The van der Waals surface area contributed by atoms with E-state index in [1.165, 1.54) is 0 Å². The molecule has 0 saturated heterocycles. The summed E-state index contributed by atoms with van der Waals surface area (Å²) in [7, 11) is 0. The maximum Gasteiger partial charge on any atom is 0.407 e. The summed E-state index contributed by atoms with van der Waals surface area (Å²) in [5, 5.41) is 1.66. The Morgan fingerprint density at radius 2 is 1.11 bits per heavy atom. The molecule has 0 aliphatic carbocycles. The van der Waals surface area contributed by atoms with Crippen molar-refractivity contribution in [3.05, 3.63) is 0 Å². The number of nitrogens with one attached hydrogen (secondary N) is 1. The highest BCUT2D eigenvalue weighted by Crippen LogP contribution is 2.62. The number of amides is 1. The molecule has 0 bridgehead atoms. The van der Waals surface area contributed by atoms with Crippen LogP contribution in [0.1, 0.15) is 32.6 Å². The first-order valence-electron chi connectivity index (χ1n) is 9.23. The van der Waals surface area contributed by atoms with Crippen molar-refractivity contribution in [2.24, 2.45) is 0 Å². The Kier molecular flexibility index (Phi) is 10.1. The van der Waals surface area contributed by atoms with Crippen molar-refractivity contribution >= 4 is 6.09 Å². The summed E-state index contributed by atoms with van der Waals surface area (Å²) in [6.45, 7) is -1.75. The molecule has 1 N–H and O–H groups in total. The molecule has 210 valence electrons. The highest BCUT2D eigenvalue weighted by Gasteiger charge is 2.93. The Morgan fingerprint density at radius 1 is 0.686 bits per heavy atom. The fourth-order valence-electron chi connectivity index (χ4n) is 2.21. The number of carbonyl (C=O) groups is 1. The molecule has 0 unspecified atom stereocenters. The molecule has 0 aromatic carbocycles. The third-order valence-corrected chi connectivity index (χ3v) is 4.41. The van der Waals surface area contributed by atoms with E-state index in [2.05, 4.69) is 4.74 Å². The first-order valence-corrected chi connectivity index (χ1v) is 9.23. The first kappa shape index (κ1) is 33.1. The number of unbranched alkanes of at least 4 members (excludes halogenated alkanes) is 3. The lowest BCUT2D eigenvalue weighted by molar-refractivity contribution is -0.447. The molecule has 0 aromatic heterocycles. The van der Waals surface area contributed by atoms with Gasteiger partial charge >= 0.3 is 54.0 Å². The summed E-state index contributed by atoms with van der Waals surface area (Å²) in [5.41, 5.74) is 0. The summed E-state index contributed by atoms with van der Waals surface area (Å²) in [5.74, 6) is -55.3. The molecule has 0 saturated carbocycles. The second-order valence-corrected chi connectivity index (χ2v) is 7.06. The predicted octanol–water partition coefficient (Wildman–Crippen LogP) is 7.01. The Hall–Kier alpha value is -1.85. The molecule has 0 aromatic rings. The quantitative estimate of drug-likeness (QED) is 0.184. The van der Waals surface area contributed by atoms with Gasteiger partial charge in [0.05, 0.1) is 0 Å². The third kappa shape index (κ3) is 5.77. The van der Waals surface area contributed by atoms with E-state index < -0.39 is 60.6 Å². The minimum absolute atomic E-state index is 0.187. The van der Waals surface area contributed by atoms with Crippen LogP contribution in [0.2, 0.25) is 0 Å². The van der Waals surface area contributed by atoms with Gasteiger partial charge in [-0.3, -0.25) is 0 Å². The van der Waals surface area contributed by atoms with E-state index in [0.29, 0.717) is 19.3 Å². The highest BCUT2D eigenvalue weighted by molar-refractivity contribution is 5.67. The average Bonchev–Trinajstić information content (AvgIpc) is 2.71. The number of hydrogen-bond donors (Lipinski definition) is 1. The summed E-state index contributed by atoms with van der Waals surface area (Å²) in [4.78, 5) is 11.1. The van der Waals surface area contributed by atoms with Crippen molar-refractivity contribution in [3.8, 4) is 0 Å². The van der Waals surface area contributed by atoms with Crippen molar-refractivity contribution in [2.45, 2.75) is 80.5 Å². The van der Waals surface area contributed by atoms with Crippen LogP contribution < -0.4 is 5.32 Å². The summed E-state index contributed by atoms with van der Waals surface area (Å²) >= 11 is 0. The van der Waals surface area contributed by atoms with Gasteiger partial charge in [0.2, 0.25) is 0 Å². The molecular weight excluding hydrogens is 542 g/mol. The van der Waals surface area contributed by atoms with Gasteiger partial charge in [0.25, 0.3) is 0 Å². The molecule has 1 amide bonds. The van der Waals surface area contributed by atoms with Crippen molar-refractivity contribution in [1.29, 1.82) is 0 Å². The van der Waals surface area contributed by atoms with Crippen molar-refractivity contribution < 1.29 is 79.8 Å². The van der Waals surface area contributed by atoms with Crippen LogP contribution in [-0.2, 0) is 4.74 Å². The Balaban J connectivity index is 5.88. The van der Waals surface area contributed by atoms with Gasteiger partial charge in [-0.05, 0) is 6.42 Å². The van der Waals surface area contributed by atoms with Crippen molar-refractivity contribution in [1.82, 2.24) is 5.32 Å². The molecule has 0 radical (unpaired) electrons. The zero-order valence-corrected chi connectivity index (χ0v) is 17.2. The molecule has 0 rings (SSSR count). The van der Waals surface area contributed by atoms with Gasteiger partial charge in [0.15, 0.2) is 6.61 Å². The number of alkyl carbamates (subject to hydrolysis) is 1. The van der Waals surface area contributed by atoms with Crippen LogP contribution in [0.5, 0.6) is 0 Å². The van der Waals surface area contributed by atoms with E-state index >= 15 is 0 Å². The Labute approximate surface area is 186 Å². The van der Waals surface area contributed by atoms with Crippen LogP contribution in [0.25, 0.3) is 0 Å². The van der Waals surface area contributed by atoms with Gasteiger partial charge in [0, 0.05) is 6.54 Å². The Bertz CT molecular complexity index is 710. The molecule has 3 nitrogen and oxygen atoms in total. The minimum Gasteiger partial charge on any atom is -0.443 e. The van der Waals surface area contributed by atoms with Gasteiger partial charge in [0.1, 0.15) is 0 Å². The van der Waals surface area contributed by atoms with Crippen LogP contribution in [0.15, 0.2) is 0 Å². The number of rotatable bonds is 14. The topological polar surface area (TPSA) is 38.3 Å². The van der Waals surface area contributed by atoms with Crippen LogP contribution in [0, 0.1) is 0 Å². The fourth-order valence-corrected chi connectivity index (χ4v) is 2.21. The number of carbonyl (C=O) groups excluding carboxylic acids is 1. The zero-order chi connectivity index (χ0) is 28.3. The maximum atomic E-state index is 13.6. The molecule has 35 heavy (non-hydrogen) atoms. The van der Waals surface area contributed by atoms with Gasteiger partial charge < -0.3 is 10.1 Å². The van der Waals surface area contributed by atoms with Gasteiger partial charge in [-0.25, -0.2) is 13.6 Å². The SMILES string of the molecule is CCCCCCNC(=O)OCC(F)(F)C(F)(F)C(F)(F)C(F)(F)C(F)(F)C(F)(F)C(F)(F)C(F)F. The van der Waals surface area contributed by atoms with Gasteiger partial charge in [-0.2, -0.15) is 61.5 Å². The van der Waals surface area contributed by atoms with Crippen LogP contribution in [0.3, 0.4) is 0 Å². The molecular formula is C16H17F16NO2. The normalized spacial score (nSPS) is 14.9. The fraction of sp³-hybridized carbons (Fsp3) is 0.938. The molecule has 0 spiro atoms. The summed E-state index contributed by atoms with van der Waals surface area (Å²) in [6, 6.07) is 0. The van der Waals surface area contributed by atoms with Crippen LogP contribution in [0.4, 0.5) is 75.0 Å². The number of halogens is 16. The summed E-state index contributed by atoms with van der Waals surface area (Å²) in [6.07, 6.45) is -5.89. The first-order chi connectivity index (χ1) is 15.4. The van der Waals surface area contributed by atoms with E-state index in [-0.39, 0.29) is 13.0 Å². The van der Waals surface area contributed by atoms with Crippen LogP contribution in [-0.4, -0.2) is 67.1 Å². The predicted molar refractivity (Wildman–Crippen MR) is 84.1 cm³/mol. The zero-order valence-electron chi connectivity index (χ0n) is 17.2. The molecule has 0 fully saturated rings. The third-order valence-electron chi connectivity index (χ3n) is 4.41. The molecule has 19 heteroatoms. The van der Waals surface area contributed by atoms with E-state index in [1.54, 1.807) is 12.2 Å². The standard InChI is InChI=1S/C16H17F16NO2/c1-2-3-4-5-6-33-9(34)35-7-10(19,20)12(23,24)14(27,28)16(31,32)15(29,30)13(25,26)11(21,22)8(17)18/h8H,2-7H2,1H3,(H,33,34). The van der Waals surface area contributed by atoms with Crippen molar-refractivity contribution in [3.63, 3.8) is 0 Å². The smallest absolute Gasteiger partial charge is 0.407 e. The molecule has 0 aliphatic rings.